The Bertz CT molecular complexity index is 1310. The topological polar surface area (TPSA) is 86.8 Å². The highest BCUT2D eigenvalue weighted by Gasteiger charge is 2.33. The third kappa shape index (κ3) is 7.19. The number of nitrogens with zero attached hydrogens (tertiary/aromatic N) is 2. The van der Waals surface area contributed by atoms with E-state index < -0.39 is 34.3 Å². The minimum atomic E-state index is -4.18. The number of hydrogen-bond acceptors (Lipinski definition) is 4. The van der Waals surface area contributed by atoms with Crippen LogP contribution in [0.4, 0.5) is 10.1 Å². The predicted octanol–water partition coefficient (Wildman–Crippen LogP) is 4.32. The molecule has 0 aromatic heterocycles. The molecule has 1 atom stereocenters. The number of rotatable bonds is 12. The van der Waals surface area contributed by atoms with Gasteiger partial charge >= 0.3 is 0 Å². The summed E-state index contributed by atoms with van der Waals surface area (Å²) >= 11 is 0. The molecule has 0 aliphatic heterocycles. The Hall–Kier alpha value is -3.72. The van der Waals surface area contributed by atoms with E-state index in [1.807, 2.05) is 44.2 Å². The van der Waals surface area contributed by atoms with E-state index in [0.29, 0.717) is 19.4 Å². The first-order chi connectivity index (χ1) is 18.2. The highest BCUT2D eigenvalue weighted by molar-refractivity contribution is 7.92. The molecule has 0 radical (unpaired) electrons. The maximum Gasteiger partial charge on any atom is 0.264 e. The van der Waals surface area contributed by atoms with E-state index in [4.69, 9.17) is 0 Å². The van der Waals surface area contributed by atoms with E-state index in [9.17, 15) is 22.4 Å². The molecule has 0 fully saturated rings. The monoisotopic (exact) mass is 539 g/mol. The second kappa shape index (κ2) is 13.2. The second-order valence-corrected chi connectivity index (χ2v) is 10.8. The van der Waals surface area contributed by atoms with Gasteiger partial charge in [0.1, 0.15) is 18.4 Å². The molecule has 0 aliphatic carbocycles. The van der Waals surface area contributed by atoms with Gasteiger partial charge in [0.2, 0.25) is 11.8 Å². The van der Waals surface area contributed by atoms with Gasteiger partial charge < -0.3 is 10.2 Å². The van der Waals surface area contributed by atoms with Gasteiger partial charge in [0.15, 0.2) is 0 Å². The van der Waals surface area contributed by atoms with E-state index in [1.165, 1.54) is 29.2 Å². The molecule has 0 spiro atoms. The molecular weight excluding hydrogens is 505 g/mol. The molecule has 7 nitrogen and oxygen atoms in total. The minimum absolute atomic E-state index is 0.00632. The van der Waals surface area contributed by atoms with Crippen LogP contribution in [0, 0.1) is 12.7 Å². The van der Waals surface area contributed by atoms with E-state index in [1.54, 1.807) is 19.1 Å². The number of carbonyl (C=O) groups is 2. The third-order valence-electron chi connectivity index (χ3n) is 6.22. The van der Waals surface area contributed by atoms with Gasteiger partial charge in [-0.05, 0) is 68.7 Å². The van der Waals surface area contributed by atoms with Crippen LogP contribution in [0.2, 0.25) is 0 Å². The number of aryl methyl sites for hydroxylation is 1. The Morgan fingerprint density at radius 1 is 0.921 bits per heavy atom. The molecule has 0 saturated heterocycles. The summed E-state index contributed by atoms with van der Waals surface area (Å²) in [6.45, 7) is 5.52. The van der Waals surface area contributed by atoms with Crippen molar-refractivity contribution in [3.8, 4) is 0 Å². The fraction of sp³-hybridized carbons (Fsp3) is 0.310. The third-order valence-corrected chi connectivity index (χ3v) is 8.01. The van der Waals surface area contributed by atoms with Crippen molar-refractivity contribution in [3.05, 3.63) is 95.8 Å². The molecule has 202 valence electrons. The van der Waals surface area contributed by atoms with Gasteiger partial charge in [0, 0.05) is 13.1 Å². The Balaban J connectivity index is 1.99. The molecular formula is C29H34FN3O4S. The lowest BCUT2D eigenvalue weighted by Crippen LogP contribution is -2.53. The van der Waals surface area contributed by atoms with Crippen LogP contribution in [0.5, 0.6) is 0 Å². The molecule has 0 bridgehead atoms. The number of amides is 2. The number of likely N-dealkylation sites (N-methyl/N-ethyl adjacent to an activating group) is 1. The molecule has 2 amide bonds. The summed E-state index contributed by atoms with van der Waals surface area (Å²) in [4.78, 5) is 28.2. The first-order valence-corrected chi connectivity index (χ1v) is 14.1. The van der Waals surface area contributed by atoms with Crippen LogP contribution in [-0.4, -0.2) is 50.8 Å². The Labute approximate surface area is 224 Å². The predicted molar refractivity (Wildman–Crippen MR) is 147 cm³/mol. The van der Waals surface area contributed by atoms with Crippen molar-refractivity contribution in [2.75, 3.05) is 23.9 Å². The average Bonchev–Trinajstić information content (AvgIpc) is 2.91. The molecule has 0 saturated carbocycles. The molecule has 1 N–H and O–H groups in total. The van der Waals surface area contributed by atoms with Crippen molar-refractivity contribution >= 4 is 27.5 Å². The van der Waals surface area contributed by atoms with Gasteiger partial charge in [-0.1, -0.05) is 55.0 Å². The zero-order valence-corrected chi connectivity index (χ0v) is 22.7. The molecule has 3 aromatic rings. The summed E-state index contributed by atoms with van der Waals surface area (Å²) in [5.74, 6) is -1.36. The summed E-state index contributed by atoms with van der Waals surface area (Å²) < 4.78 is 42.1. The normalized spacial score (nSPS) is 12.0. The molecule has 9 heteroatoms. The maximum absolute atomic E-state index is 13.8. The first kappa shape index (κ1) is 28.8. The Morgan fingerprint density at radius 3 is 2.13 bits per heavy atom. The van der Waals surface area contributed by atoms with Crippen LogP contribution in [0.3, 0.4) is 0 Å². The van der Waals surface area contributed by atoms with Crippen molar-refractivity contribution < 1.29 is 22.4 Å². The van der Waals surface area contributed by atoms with Gasteiger partial charge in [-0.3, -0.25) is 13.9 Å². The second-order valence-electron chi connectivity index (χ2n) is 8.94. The summed E-state index contributed by atoms with van der Waals surface area (Å²) in [6, 6.07) is 20.0. The fourth-order valence-corrected chi connectivity index (χ4v) is 5.58. The van der Waals surface area contributed by atoms with E-state index in [0.717, 1.165) is 27.6 Å². The summed E-state index contributed by atoms with van der Waals surface area (Å²) in [7, 11) is -4.18. The van der Waals surface area contributed by atoms with Crippen LogP contribution in [-0.2, 0) is 26.0 Å². The molecule has 0 heterocycles. The number of carbonyl (C=O) groups excluding carboxylic acids is 2. The highest BCUT2D eigenvalue weighted by atomic mass is 32.2. The summed E-state index contributed by atoms with van der Waals surface area (Å²) in [6.07, 6.45) is 0.845. The van der Waals surface area contributed by atoms with Gasteiger partial charge in [-0.2, -0.15) is 0 Å². The molecule has 3 rings (SSSR count). The van der Waals surface area contributed by atoms with Crippen LogP contribution in [0.15, 0.2) is 83.8 Å². The van der Waals surface area contributed by atoms with Gasteiger partial charge in [-0.25, -0.2) is 12.8 Å². The number of anilines is 1. The van der Waals surface area contributed by atoms with Crippen LogP contribution < -0.4 is 9.62 Å². The van der Waals surface area contributed by atoms with Crippen molar-refractivity contribution in [1.29, 1.82) is 0 Å². The quantitative estimate of drug-likeness (QED) is 0.372. The fourth-order valence-electron chi connectivity index (χ4n) is 4.16. The molecule has 0 aliphatic rings. The lowest BCUT2D eigenvalue weighted by Gasteiger charge is -2.33. The standard InChI is InChI=1S/C29H34FN3O4S/c1-4-27(29(35)31-5-2)32(20-19-23-9-7-6-8-10-23)28(34)21-33(25-15-13-24(30)14-16-25)38(36,37)26-17-11-22(3)12-18-26/h6-18,27H,4-5,19-21H2,1-3H3,(H,31,35)/t27-/m0/s1. The van der Waals surface area contributed by atoms with Crippen LogP contribution in [0.25, 0.3) is 0 Å². The van der Waals surface area contributed by atoms with Crippen molar-refractivity contribution in [1.82, 2.24) is 10.2 Å². The average molecular weight is 540 g/mol. The Kier molecular flexibility index (Phi) is 10.0. The number of hydrogen-bond donors (Lipinski definition) is 1. The van der Waals surface area contributed by atoms with Gasteiger partial charge in [0.05, 0.1) is 10.6 Å². The maximum atomic E-state index is 13.8. The lowest BCUT2D eigenvalue weighted by atomic mass is 10.1. The highest BCUT2D eigenvalue weighted by Crippen LogP contribution is 2.25. The lowest BCUT2D eigenvalue weighted by molar-refractivity contribution is -0.139. The van der Waals surface area contributed by atoms with Crippen molar-refractivity contribution in [2.45, 2.75) is 44.6 Å². The first-order valence-electron chi connectivity index (χ1n) is 12.6. The minimum Gasteiger partial charge on any atom is -0.355 e. The zero-order valence-electron chi connectivity index (χ0n) is 21.9. The largest absolute Gasteiger partial charge is 0.355 e. The van der Waals surface area contributed by atoms with Crippen molar-refractivity contribution in [2.24, 2.45) is 0 Å². The smallest absolute Gasteiger partial charge is 0.264 e. The van der Waals surface area contributed by atoms with Gasteiger partial charge in [0.25, 0.3) is 10.0 Å². The van der Waals surface area contributed by atoms with Gasteiger partial charge in [-0.15, -0.1) is 0 Å². The number of benzene rings is 3. The molecule has 3 aromatic carbocycles. The SMILES string of the molecule is CCNC(=O)[C@H](CC)N(CCc1ccccc1)C(=O)CN(c1ccc(F)cc1)S(=O)(=O)c1ccc(C)cc1. The Morgan fingerprint density at radius 2 is 1.55 bits per heavy atom. The summed E-state index contributed by atoms with van der Waals surface area (Å²) in [5, 5.41) is 2.78. The number of nitrogens with one attached hydrogen (secondary N) is 1. The number of sulfonamides is 1. The van der Waals surface area contributed by atoms with E-state index in [-0.39, 0.29) is 23.0 Å². The summed E-state index contributed by atoms with van der Waals surface area (Å²) in [5.41, 5.74) is 2.02. The van der Waals surface area contributed by atoms with Crippen molar-refractivity contribution in [3.63, 3.8) is 0 Å². The zero-order chi connectivity index (χ0) is 27.7. The van der Waals surface area contributed by atoms with Crippen LogP contribution >= 0.6 is 0 Å². The number of halogens is 1. The van der Waals surface area contributed by atoms with Crippen LogP contribution in [0.1, 0.15) is 31.4 Å². The van der Waals surface area contributed by atoms with E-state index >= 15 is 0 Å². The van der Waals surface area contributed by atoms with E-state index in [2.05, 4.69) is 5.32 Å². The molecule has 0 unspecified atom stereocenters. The molecule has 38 heavy (non-hydrogen) atoms.